The van der Waals surface area contributed by atoms with Crippen molar-refractivity contribution in [3.63, 3.8) is 0 Å². The smallest absolute Gasteiger partial charge is 0.315 e. The fourth-order valence-electron chi connectivity index (χ4n) is 1.24. The second kappa shape index (κ2) is 8.81. The number of carbonyl (C=O) groups excluding carboxylic acids is 1. The van der Waals surface area contributed by atoms with Crippen LogP contribution in [0.4, 0.5) is 4.79 Å². The average molecular weight is 246 g/mol. The molecule has 0 fully saturated rings. The fraction of sp³-hybridized carbons (Fsp3) is 0.818. The van der Waals surface area contributed by atoms with Gasteiger partial charge in [0.2, 0.25) is 0 Å². The van der Waals surface area contributed by atoms with Crippen molar-refractivity contribution >= 4 is 12.0 Å². The summed E-state index contributed by atoms with van der Waals surface area (Å²) in [5.41, 5.74) is 0. The number of aliphatic carboxylic acids is 1. The maximum absolute atomic E-state index is 11.4. The third kappa shape index (κ3) is 9.62. The minimum absolute atomic E-state index is 0.0515. The van der Waals surface area contributed by atoms with Gasteiger partial charge in [0.1, 0.15) is 0 Å². The zero-order valence-corrected chi connectivity index (χ0v) is 10.7. The van der Waals surface area contributed by atoms with Crippen molar-refractivity contribution < 1.29 is 19.4 Å². The van der Waals surface area contributed by atoms with Gasteiger partial charge >= 0.3 is 12.0 Å². The van der Waals surface area contributed by atoms with Gasteiger partial charge in [-0.1, -0.05) is 0 Å². The molecule has 17 heavy (non-hydrogen) atoms. The first kappa shape index (κ1) is 15.7. The number of urea groups is 1. The maximum atomic E-state index is 11.4. The van der Waals surface area contributed by atoms with E-state index in [2.05, 4.69) is 10.6 Å². The molecule has 2 amide bonds. The molecule has 6 nitrogen and oxygen atoms in total. The van der Waals surface area contributed by atoms with Crippen LogP contribution in [-0.4, -0.2) is 42.4 Å². The molecular formula is C11H22N2O4. The number of carboxylic acid groups (broad SMARTS) is 1. The second-order valence-electron chi connectivity index (χ2n) is 4.01. The normalized spacial score (nSPS) is 13.8. The van der Waals surface area contributed by atoms with Crippen LogP contribution >= 0.6 is 0 Å². The molecule has 100 valence electrons. The van der Waals surface area contributed by atoms with E-state index < -0.39 is 5.97 Å². The Morgan fingerprint density at radius 3 is 2.35 bits per heavy atom. The first-order valence-corrected chi connectivity index (χ1v) is 5.82. The van der Waals surface area contributed by atoms with E-state index in [1.807, 2.05) is 13.8 Å². The van der Waals surface area contributed by atoms with Crippen LogP contribution in [0.1, 0.15) is 33.6 Å². The first-order valence-electron chi connectivity index (χ1n) is 5.82. The number of ether oxygens (including phenoxy) is 1. The van der Waals surface area contributed by atoms with Gasteiger partial charge in [0, 0.05) is 19.1 Å². The Kier molecular flexibility index (Phi) is 8.13. The van der Waals surface area contributed by atoms with Gasteiger partial charge in [-0.25, -0.2) is 4.79 Å². The van der Waals surface area contributed by atoms with Gasteiger partial charge in [-0.15, -0.1) is 0 Å². The van der Waals surface area contributed by atoms with Gasteiger partial charge in [0.25, 0.3) is 0 Å². The Labute approximate surface area is 102 Å². The summed E-state index contributed by atoms with van der Waals surface area (Å²) in [7, 11) is 0. The van der Waals surface area contributed by atoms with Gasteiger partial charge < -0.3 is 20.5 Å². The van der Waals surface area contributed by atoms with Crippen LogP contribution in [0, 0.1) is 0 Å². The van der Waals surface area contributed by atoms with Crippen LogP contribution in [0.2, 0.25) is 0 Å². The van der Waals surface area contributed by atoms with Crippen LogP contribution < -0.4 is 10.6 Å². The summed E-state index contributed by atoms with van der Waals surface area (Å²) in [6.07, 6.45) is 0.471. The molecule has 6 heteroatoms. The molecule has 3 N–H and O–H groups in total. The first-order chi connectivity index (χ1) is 7.95. The maximum Gasteiger partial charge on any atom is 0.315 e. The predicted molar refractivity (Wildman–Crippen MR) is 64.0 cm³/mol. The zero-order chi connectivity index (χ0) is 13.3. The number of carboxylic acids is 1. The van der Waals surface area contributed by atoms with Crippen LogP contribution in [0.25, 0.3) is 0 Å². The monoisotopic (exact) mass is 246 g/mol. The van der Waals surface area contributed by atoms with Crippen molar-refractivity contribution in [2.75, 3.05) is 13.2 Å². The Bertz CT molecular complexity index is 246. The number of hydrogen-bond donors (Lipinski definition) is 3. The highest BCUT2D eigenvalue weighted by Crippen LogP contribution is 1.96. The summed E-state index contributed by atoms with van der Waals surface area (Å²) >= 11 is 0. The summed E-state index contributed by atoms with van der Waals surface area (Å²) in [4.78, 5) is 21.8. The molecule has 2 atom stereocenters. The standard InChI is InChI=1S/C11H22N2O4/c1-4-17-7-9(3)13-11(16)12-8(2)5-6-10(14)15/h8-9H,4-7H2,1-3H3,(H,14,15)(H2,12,13,16). The van der Waals surface area contributed by atoms with E-state index in [4.69, 9.17) is 9.84 Å². The molecule has 0 aliphatic rings. The Balaban J connectivity index is 3.73. The summed E-state index contributed by atoms with van der Waals surface area (Å²) in [6, 6.07) is -0.526. The number of nitrogens with one attached hydrogen (secondary N) is 2. The number of carbonyl (C=O) groups is 2. The lowest BCUT2D eigenvalue weighted by molar-refractivity contribution is -0.137. The van der Waals surface area contributed by atoms with E-state index in [1.165, 1.54) is 0 Å². The van der Waals surface area contributed by atoms with Crippen molar-refractivity contribution in [3.05, 3.63) is 0 Å². The van der Waals surface area contributed by atoms with Crippen molar-refractivity contribution in [1.29, 1.82) is 0 Å². The minimum atomic E-state index is -0.858. The number of amides is 2. The molecule has 0 bridgehead atoms. The quantitative estimate of drug-likeness (QED) is 0.595. The number of rotatable bonds is 8. The molecule has 0 radical (unpaired) electrons. The van der Waals surface area contributed by atoms with E-state index in [9.17, 15) is 9.59 Å². The number of hydrogen-bond acceptors (Lipinski definition) is 3. The molecule has 0 aliphatic carbocycles. The van der Waals surface area contributed by atoms with Gasteiger partial charge in [0.05, 0.1) is 12.6 Å². The lowest BCUT2D eigenvalue weighted by Gasteiger charge is -2.17. The molecule has 0 aromatic rings. The molecule has 0 aromatic heterocycles. The van der Waals surface area contributed by atoms with Gasteiger partial charge in [-0.3, -0.25) is 4.79 Å². The Morgan fingerprint density at radius 1 is 1.24 bits per heavy atom. The van der Waals surface area contributed by atoms with Crippen LogP contribution in [0.15, 0.2) is 0 Å². The van der Waals surface area contributed by atoms with Gasteiger partial charge in [-0.05, 0) is 27.2 Å². The summed E-state index contributed by atoms with van der Waals surface area (Å²) < 4.78 is 5.16. The topological polar surface area (TPSA) is 87.7 Å². The highest BCUT2D eigenvalue weighted by atomic mass is 16.5. The second-order valence-corrected chi connectivity index (χ2v) is 4.01. The molecule has 2 unspecified atom stereocenters. The Morgan fingerprint density at radius 2 is 1.82 bits per heavy atom. The molecule has 0 aromatic carbocycles. The van der Waals surface area contributed by atoms with E-state index >= 15 is 0 Å². The third-order valence-corrected chi connectivity index (χ3v) is 2.12. The van der Waals surface area contributed by atoms with Gasteiger partial charge in [-0.2, -0.15) is 0 Å². The highest BCUT2D eigenvalue weighted by Gasteiger charge is 2.11. The molecular weight excluding hydrogens is 224 g/mol. The predicted octanol–water partition coefficient (Wildman–Crippen LogP) is 0.964. The SMILES string of the molecule is CCOCC(C)NC(=O)NC(C)CCC(=O)O. The molecule has 0 saturated carbocycles. The molecule has 0 spiro atoms. The molecule has 0 rings (SSSR count). The summed E-state index contributed by atoms with van der Waals surface area (Å²) in [5.74, 6) is -0.858. The fourth-order valence-corrected chi connectivity index (χ4v) is 1.24. The van der Waals surface area contributed by atoms with Gasteiger partial charge in [0.15, 0.2) is 0 Å². The molecule has 0 heterocycles. The van der Waals surface area contributed by atoms with E-state index in [-0.39, 0.29) is 24.5 Å². The van der Waals surface area contributed by atoms with Crippen LogP contribution in [0.3, 0.4) is 0 Å². The van der Waals surface area contributed by atoms with Crippen molar-refractivity contribution in [3.8, 4) is 0 Å². The third-order valence-electron chi connectivity index (χ3n) is 2.12. The molecule has 0 aliphatic heterocycles. The lowest BCUT2D eigenvalue weighted by Crippen LogP contribution is -2.46. The van der Waals surface area contributed by atoms with Crippen LogP contribution in [-0.2, 0) is 9.53 Å². The van der Waals surface area contributed by atoms with E-state index in [0.717, 1.165) is 0 Å². The lowest BCUT2D eigenvalue weighted by atomic mass is 10.2. The largest absolute Gasteiger partial charge is 0.481 e. The average Bonchev–Trinajstić information content (AvgIpc) is 2.23. The van der Waals surface area contributed by atoms with Crippen molar-refractivity contribution in [1.82, 2.24) is 10.6 Å². The highest BCUT2D eigenvalue weighted by molar-refractivity contribution is 5.74. The van der Waals surface area contributed by atoms with E-state index in [0.29, 0.717) is 19.6 Å². The van der Waals surface area contributed by atoms with Crippen molar-refractivity contribution in [2.45, 2.75) is 45.7 Å². The zero-order valence-electron chi connectivity index (χ0n) is 10.7. The van der Waals surface area contributed by atoms with Crippen molar-refractivity contribution in [2.24, 2.45) is 0 Å². The van der Waals surface area contributed by atoms with Crippen LogP contribution in [0.5, 0.6) is 0 Å². The van der Waals surface area contributed by atoms with E-state index in [1.54, 1.807) is 6.92 Å². The summed E-state index contributed by atoms with van der Waals surface area (Å²) in [6.45, 7) is 6.59. The summed E-state index contributed by atoms with van der Waals surface area (Å²) in [5, 5.41) is 13.9. The molecule has 0 saturated heterocycles. The Hall–Kier alpha value is -1.30. The minimum Gasteiger partial charge on any atom is -0.481 e.